The van der Waals surface area contributed by atoms with E-state index in [0.717, 1.165) is 22.4 Å². The van der Waals surface area contributed by atoms with Gasteiger partial charge < -0.3 is 20.5 Å². The number of benzene rings is 3. The Morgan fingerprint density at radius 1 is 1.06 bits per heavy atom. The molecule has 0 aromatic heterocycles. The lowest BCUT2D eigenvalue weighted by Gasteiger charge is -2.27. The quantitative estimate of drug-likeness (QED) is 0.393. The molecule has 0 bridgehead atoms. The summed E-state index contributed by atoms with van der Waals surface area (Å²) in [6.07, 6.45) is 0. The summed E-state index contributed by atoms with van der Waals surface area (Å²) >= 11 is 1.49. The molecular formula is C28H27N3O4S. The fourth-order valence-electron chi connectivity index (χ4n) is 3.88. The molecule has 184 valence electrons. The van der Waals surface area contributed by atoms with Crippen LogP contribution in [0.2, 0.25) is 0 Å². The topological polar surface area (TPSA) is 100 Å². The van der Waals surface area contributed by atoms with Gasteiger partial charge in [0.1, 0.15) is 11.8 Å². The molecule has 1 atom stereocenters. The lowest BCUT2D eigenvalue weighted by atomic mass is 9.94. The summed E-state index contributed by atoms with van der Waals surface area (Å²) in [5, 5.41) is 16.0. The first-order valence-corrected chi connectivity index (χ1v) is 12.4. The van der Waals surface area contributed by atoms with Crippen LogP contribution in [0.4, 0.5) is 5.69 Å². The molecular weight excluding hydrogens is 474 g/mol. The molecule has 0 saturated carbocycles. The van der Waals surface area contributed by atoms with E-state index in [1.807, 2.05) is 62.4 Å². The van der Waals surface area contributed by atoms with Crippen molar-refractivity contribution in [3.63, 3.8) is 0 Å². The van der Waals surface area contributed by atoms with Crippen LogP contribution in [-0.2, 0) is 10.5 Å². The minimum atomic E-state index is -0.953. The number of rotatable bonds is 7. The highest BCUT2D eigenvalue weighted by atomic mass is 32.2. The normalized spacial score (nSPS) is 15.1. The standard InChI is InChI=1S/C28H27N3O4S/c1-17-9-12-21(15-23(17)35-3)25-24(26(32)30-22-7-5-4-6-8-22)18(2)29-28(31-25)36-16-19-10-13-20(14-11-19)27(33)34/h4-15,25H,16H2,1-3H3,(H,29,31)(H,30,32)(H,33,34)/t25-/m1/s1. The van der Waals surface area contributed by atoms with E-state index in [4.69, 9.17) is 14.8 Å². The molecule has 0 spiro atoms. The van der Waals surface area contributed by atoms with Gasteiger partial charge in [0, 0.05) is 17.1 Å². The summed E-state index contributed by atoms with van der Waals surface area (Å²) in [5.74, 6) is 0.141. The zero-order valence-electron chi connectivity index (χ0n) is 20.2. The Bertz CT molecular complexity index is 1330. The van der Waals surface area contributed by atoms with Crippen LogP contribution in [-0.4, -0.2) is 29.3 Å². The summed E-state index contributed by atoms with van der Waals surface area (Å²) in [5.41, 5.74) is 5.01. The van der Waals surface area contributed by atoms with Gasteiger partial charge in [0.05, 0.1) is 18.2 Å². The van der Waals surface area contributed by atoms with Crippen molar-refractivity contribution < 1.29 is 19.4 Å². The van der Waals surface area contributed by atoms with Gasteiger partial charge in [0.25, 0.3) is 5.91 Å². The highest BCUT2D eigenvalue weighted by molar-refractivity contribution is 8.13. The maximum Gasteiger partial charge on any atom is 0.335 e. The number of para-hydroxylation sites is 1. The minimum absolute atomic E-state index is 0.229. The van der Waals surface area contributed by atoms with Gasteiger partial charge in [-0.3, -0.25) is 4.79 Å². The minimum Gasteiger partial charge on any atom is -0.496 e. The number of carboxylic acids is 1. The predicted molar refractivity (Wildman–Crippen MR) is 144 cm³/mol. The Kier molecular flexibility index (Phi) is 7.75. The number of hydrogen-bond donors (Lipinski definition) is 3. The molecule has 7 nitrogen and oxygen atoms in total. The lowest BCUT2D eigenvalue weighted by molar-refractivity contribution is -0.113. The van der Waals surface area contributed by atoms with Crippen LogP contribution in [0.1, 0.15) is 40.0 Å². The Morgan fingerprint density at radius 3 is 2.44 bits per heavy atom. The van der Waals surface area contributed by atoms with E-state index in [1.54, 1.807) is 31.4 Å². The van der Waals surface area contributed by atoms with Crippen LogP contribution >= 0.6 is 11.8 Å². The maximum absolute atomic E-state index is 13.4. The second-order valence-electron chi connectivity index (χ2n) is 8.34. The van der Waals surface area contributed by atoms with Crippen molar-refractivity contribution in [3.8, 4) is 5.75 Å². The Labute approximate surface area is 214 Å². The Hall–Kier alpha value is -4.04. The van der Waals surface area contributed by atoms with E-state index in [0.29, 0.717) is 27.9 Å². The van der Waals surface area contributed by atoms with Crippen molar-refractivity contribution in [2.24, 2.45) is 4.99 Å². The van der Waals surface area contributed by atoms with Crippen molar-refractivity contribution in [1.29, 1.82) is 0 Å². The van der Waals surface area contributed by atoms with E-state index in [2.05, 4.69) is 10.6 Å². The predicted octanol–water partition coefficient (Wildman–Crippen LogP) is 5.55. The summed E-state index contributed by atoms with van der Waals surface area (Å²) in [7, 11) is 1.62. The third kappa shape index (κ3) is 5.78. The third-order valence-electron chi connectivity index (χ3n) is 5.82. The Morgan fingerprint density at radius 2 is 1.78 bits per heavy atom. The highest BCUT2D eigenvalue weighted by Gasteiger charge is 2.30. The third-order valence-corrected chi connectivity index (χ3v) is 6.78. The second-order valence-corrected chi connectivity index (χ2v) is 9.30. The zero-order valence-corrected chi connectivity index (χ0v) is 21.1. The number of ether oxygens (including phenoxy) is 1. The highest BCUT2D eigenvalue weighted by Crippen LogP contribution is 2.35. The van der Waals surface area contributed by atoms with Crippen LogP contribution in [0.3, 0.4) is 0 Å². The van der Waals surface area contributed by atoms with E-state index < -0.39 is 12.0 Å². The van der Waals surface area contributed by atoms with Crippen molar-refractivity contribution in [1.82, 2.24) is 5.32 Å². The molecule has 0 saturated heterocycles. The van der Waals surface area contributed by atoms with E-state index in [9.17, 15) is 9.59 Å². The summed E-state index contributed by atoms with van der Waals surface area (Å²) < 4.78 is 5.53. The number of thioether (sulfide) groups is 1. The van der Waals surface area contributed by atoms with Gasteiger partial charge in [-0.15, -0.1) is 0 Å². The molecule has 36 heavy (non-hydrogen) atoms. The summed E-state index contributed by atoms with van der Waals surface area (Å²) in [4.78, 5) is 29.4. The number of amides is 1. The first-order chi connectivity index (χ1) is 17.4. The molecule has 3 aromatic carbocycles. The number of nitrogens with zero attached hydrogens (tertiary/aromatic N) is 1. The number of hydrogen-bond acceptors (Lipinski definition) is 6. The number of carbonyl (C=O) groups is 2. The van der Waals surface area contributed by atoms with E-state index in [1.165, 1.54) is 11.8 Å². The number of carbonyl (C=O) groups excluding carboxylic acids is 1. The van der Waals surface area contributed by atoms with Crippen molar-refractivity contribution >= 4 is 34.5 Å². The number of aliphatic imine (C=N–C) groups is 1. The molecule has 0 radical (unpaired) electrons. The van der Waals surface area contributed by atoms with Crippen LogP contribution in [0.15, 0.2) is 89.1 Å². The lowest BCUT2D eigenvalue weighted by Crippen LogP contribution is -2.32. The SMILES string of the molecule is COc1cc([C@H]2N=C(SCc3ccc(C(=O)O)cc3)NC(C)=C2C(=O)Nc2ccccc2)ccc1C. The smallest absolute Gasteiger partial charge is 0.335 e. The van der Waals surface area contributed by atoms with Gasteiger partial charge in [-0.2, -0.15) is 0 Å². The molecule has 3 aromatic rings. The number of carboxylic acid groups (broad SMARTS) is 1. The van der Waals surface area contributed by atoms with Gasteiger partial charge >= 0.3 is 5.97 Å². The fraction of sp³-hybridized carbons (Fsp3) is 0.179. The van der Waals surface area contributed by atoms with Crippen molar-refractivity contribution in [2.75, 3.05) is 12.4 Å². The maximum atomic E-state index is 13.4. The number of methoxy groups -OCH3 is 1. The molecule has 1 amide bonds. The molecule has 1 heterocycles. The molecule has 4 rings (SSSR count). The van der Waals surface area contributed by atoms with Gasteiger partial charge in [0.15, 0.2) is 5.17 Å². The van der Waals surface area contributed by atoms with Crippen molar-refractivity contribution in [2.45, 2.75) is 25.6 Å². The molecule has 3 N–H and O–H groups in total. The number of anilines is 1. The largest absolute Gasteiger partial charge is 0.496 e. The number of amidine groups is 1. The fourth-order valence-corrected chi connectivity index (χ4v) is 4.78. The molecule has 8 heteroatoms. The van der Waals surface area contributed by atoms with Crippen LogP contribution in [0, 0.1) is 6.92 Å². The molecule has 0 aliphatic carbocycles. The van der Waals surface area contributed by atoms with Crippen LogP contribution in [0.5, 0.6) is 5.75 Å². The monoisotopic (exact) mass is 501 g/mol. The summed E-state index contributed by atoms with van der Waals surface area (Å²) in [6.45, 7) is 3.84. The van der Waals surface area contributed by atoms with E-state index >= 15 is 0 Å². The zero-order chi connectivity index (χ0) is 25.7. The average Bonchev–Trinajstić information content (AvgIpc) is 2.88. The number of nitrogens with one attached hydrogen (secondary N) is 2. The van der Waals surface area contributed by atoms with Gasteiger partial charge in [-0.05, 0) is 60.9 Å². The molecule has 1 aliphatic rings. The first kappa shape index (κ1) is 25.1. The number of allylic oxidation sites excluding steroid dienone is 1. The second kappa shape index (κ2) is 11.1. The molecule has 0 unspecified atom stereocenters. The van der Waals surface area contributed by atoms with Crippen LogP contribution < -0.4 is 15.4 Å². The number of aromatic carboxylic acids is 1. The van der Waals surface area contributed by atoms with Gasteiger partial charge in [-0.25, -0.2) is 9.79 Å². The molecule has 1 aliphatic heterocycles. The average molecular weight is 502 g/mol. The summed E-state index contributed by atoms with van der Waals surface area (Å²) in [6, 6.07) is 21.4. The molecule has 0 fully saturated rings. The van der Waals surface area contributed by atoms with Crippen LogP contribution in [0.25, 0.3) is 0 Å². The first-order valence-electron chi connectivity index (χ1n) is 11.4. The Balaban J connectivity index is 1.62. The van der Waals surface area contributed by atoms with Gasteiger partial charge in [0.2, 0.25) is 0 Å². The van der Waals surface area contributed by atoms with Gasteiger partial charge in [-0.1, -0.05) is 54.2 Å². The van der Waals surface area contributed by atoms with Crippen molar-refractivity contribution in [3.05, 3.63) is 106 Å². The van der Waals surface area contributed by atoms with E-state index in [-0.39, 0.29) is 11.5 Å². The number of aryl methyl sites for hydroxylation is 1.